The third kappa shape index (κ3) is 6.82. The number of benzene rings is 1. The highest BCUT2D eigenvalue weighted by Crippen LogP contribution is 2.28. The van der Waals surface area contributed by atoms with E-state index in [0.29, 0.717) is 36.5 Å². The minimum atomic E-state index is -0.400. The van der Waals surface area contributed by atoms with Crippen molar-refractivity contribution < 1.29 is 4.79 Å². The van der Waals surface area contributed by atoms with Crippen LogP contribution in [0.2, 0.25) is 0 Å². The van der Waals surface area contributed by atoms with Crippen LogP contribution in [-0.4, -0.2) is 33.0 Å². The number of hydrogen-bond acceptors (Lipinski definition) is 5. The number of hydrogen-bond donors (Lipinski definition) is 3. The van der Waals surface area contributed by atoms with Gasteiger partial charge in [-0.15, -0.1) is 0 Å². The number of rotatable bonds is 10. The Kier molecular flexibility index (Phi) is 8.34. The molecule has 182 valence electrons. The quantitative estimate of drug-likeness (QED) is 0.349. The lowest BCUT2D eigenvalue weighted by atomic mass is 9.84. The van der Waals surface area contributed by atoms with Gasteiger partial charge in [0, 0.05) is 31.5 Å². The molecule has 0 unspecified atom stereocenters. The monoisotopic (exact) mass is 471 g/mol. The van der Waals surface area contributed by atoms with Crippen molar-refractivity contribution in [1.82, 2.24) is 19.9 Å². The second kappa shape index (κ2) is 12.0. The maximum Gasteiger partial charge on any atom is 0.242 e. The Morgan fingerprint density at radius 3 is 2.57 bits per heavy atom. The van der Waals surface area contributed by atoms with Crippen LogP contribution in [0.25, 0.3) is 10.7 Å². The molecule has 35 heavy (non-hydrogen) atoms. The third-order valence-corrected chi connectivity index (χ3v) is 6.38. The first kappa shape index (κ1) is 24.3. The highest BCUT2D eigenvalue weighted by atomic mass is 16.2. The maximum absolute atomic E-state index is 13.4. The van der Waals surface area contributed by atoms with Crippen LogP contribution < -0.4 is 16.0 Å². The van der Waals surface area contributed by atoms with Crippen LogP contribution in [-0.2, 0) is 11.3 Å². The zero-order chi connectivity index (χ0) is 24.5. The molecule has 1 aliphatic carbocycles. The molecule has 8 heteroatoms. The van der Waals surface area contributed by atoms with E-state index >= 15 is 0 Å². The Bertz CT molecular complexity index is 1130. The lowest BCUT2D eigenvalue weighted by molar-refractivity contribution is -0.122. The fourth-order valence-electron chi connectivity index (χ4n) is 4.53. The van der Waals surface area contributed by atoms with E-state index in [1.165, 1.54) is 19.3 Å². The van der Waals surface area contributed by atoms with E-state index in [1.54, 1.807) is 12.1 Å². The molecule has 1 aromatic carbocycles. The van der Waals surface area contributed by atoms with Crippen LogP contribution in [0.15, 0.2) is 54.9 Å². The van der Waals surface area contributed by atoms with Gasteiger partial charge in [-0.25, -0.2) is 4.85 Å². The molecule has 0 spiro atoms. The fraction of sp³-hybridized carbons (Fsp3) is 0.407. The van der Waals surface area contributed by atoms with E-state index < -0.39 is 6.04 Å². The third-order valence-electron chi connectivity index (χ3n) is 6.38. The minimum absolute atomic E-state index is 0.0454. The van der Waals surface area contributed by atoms with Crippen molar-refractivity contribution in [2.24, 2.45) is 5.92 Å². The molecule has 0 radical (unpaired) electrons. The van der Waals surface area contributed by atoms with Gasteiger partial charge in [0.2, 0.25) is 11.9 Å². The van der Waals surface area contributed by atoms with Crippen molar-refractivity contribution in [3.63, 3.8) is 0 Å². The Balaban J connectivity index is 1.52. The van der Waals surface area contributed by atoms with Crippen LogP contribution in [0.5, 0.6) is 0 Å². The van der Waals surface area contributed by atoms with E-state index in [2.05, 4.69) is 30.8 Å². The van der Waals surface area contributed by atoms with Crippen molar-refractivity contribution in [1.29, 1.82) is 0 Å². The van der Waals surface area contributed by atoms with Crippen LogP contribution in [0, 0.1) is 12.5 Å². The van der Waals surface area contributed by atoms with Gasteiger partial charge in [-0.1, -0.05) is 56.4 Å². The summed E-state index contributed by atoms with van der Waals surface area (Å²) in [6.07, 6.45) is 10.7. The van der Waals surface area contributed by atoms with Crippen LogP contribution in [0.4, 0.5) is 17.5 Å². The van der Waals surface area contributed by atoms with Gasteiger partial charge in [0.1, 0.15) is 17.7 Å². The molecule has 0 bridgehead atoms. The first-order chi connectivity index (χ1) is 17.1. The number of carbonyl (C=O) groups is 1. The predicted molar refractivity (Wildman–Crippen MR) is 139 cm³/mol. The van der Waals surface area contributed by atoms with E-state index in [9.17, 15) is 4.79 Å². The molecule has 2 heterocycles. The van der Waals surface area contributed by atoms with Crippen molar-refractivity contribution in [2.75, 3.05) is 17.2 Å². The smallest absolute Gasteiger partial charge is 0.242 e. The summed E-state index contributed by atoms with van der Waals surface area (Å²) in [5.41, 5.74) is 1.56. The van der Waals surface area contributed by atoms with Gasteiger partial charge in [-0.2, -0.15) is 9.97 Å². The number of nitrogens with zero attached hydrogens (tertiary/aromatic N) is 4. The molecule has 0 aliphatic heterocycles. The number of nitrogens with one attached hydrogen (secondary N) is 3. The SMILES string of the molecule is [C-]#[N+]c1ccc(CNC(=O)[C@@H](CC2CCCCC2)Nc2cc(-n3cccc3)nc(NCC)n2)cc1. The van der Waals surface area contributed by atoms with Gasteiger partial charge >= 0.3 is 0 Å². The first-order valence-corrected chi connectivity index (χ1v) is 12.4. The molecule has 0 saturated heterocycles. The van der Waals surface area contributed by atoms with Crippen LogP contribution in [0.3, 0.4) is 0 Å². The number of amides is 1. The second-order valence-corrected chi connectivity index (χ2v) is 8.99. The predicted octanol–water partition coefficient (Wildman–Crippen LogP) is 5.32. The van der Waals surface area contributed by atoms with Gasteiger partial charge in [-0.3, -0.25) is 4.79 Å². The molecular formula is C27H33N7O. The zero-order valence-corrected chi connectivity index (χ0v) is 20.2. The van der Waals surface area contributed by atoms with Gasteiger partial charge in [0.05, 0.1) is 6.57 Å². The zero-order valence-electron chi connectivity index (χ0n) is 20.2. The largest absolute Gasteiger partial charge is 0.358 e. The minimum Gasteiger partial charge on any atom is -0.358 e. The number of carbonyl (C=O) groups excluding carboxylic acids is 1. The molecule has 1 aliphatic rings. The first-order valence-electron chi connectivity index (χ1n) is 12.4. The van der Waals surface area contributed by atoms with E-state index in [0.717, 1.165) is 30.6 Å². The van der Waals surface area contributed by atoms with Crippen LogP contribution >= 0.6 is 0 Å². The van der Waals surface area contributed by atoms with Gasteiger partial charge < -0.3 is 20.5 Å². The summed E-state index contributed by atoms with van der Waals surface area (Å²) in [4.78, 5) is 26.0. The van der Waals surface area contributed by atoms with E-state index in [1.807, 2.05) is 54.2 Å². The average molecular weight is 472 g/mol. The Morgan fingerprint density at radius 1 is 1.14 bits per heavy atom. The summed E-state index contributed by atoms with van der Waals surface area (Å²) in [5, 5.41) is 9.70. The number of aromatic nitrogens is 3. The molecule has 1 amide bonds. The van der Waals surface area contributed by atoms with Crippen LogP contribution in [0.1, 0.15) is 51.0 Å². The lowest BCUT2D eigenvalue weighted by Crippen LogP contribution is -2.41. The van der Waals surface area contributed by atoms with Crippen molar-refractivity contribution in [3.8, 4) is 5.82 Å². The van der Waals surface area contributed by atoms with Crippen molar-refractivity contribution in [3.05, 3.63) is 71.8 Å². The van der Waals surface area contributed by atoms with E-state index in [-0.39, 0.29) is 5.91 Å². The maximum atomic E-state index is 13.4. The summed E-state index contributed by atoms with van der Waals surface area (Å²) < 4.78 is 1.93. The summed E-state index contributed by atoms with van der Waals surface area (Å²) in [5.74, 6) is 2.36. The van der Waals surface area contributed by atoms with Crippen molar-refractivity contribution >= 4 is 23.4 Å². The summed E-state index contributed by atoms with van der Waals surface area (Å²) in [6, 6.07) is 12.7. The summed E-state index contributed by atoms with van der Waals surface area (Å²) in [6.45, 7) is 10.2. The summed E-state index contributed by atoms with van der Waals surface area (Å²) >= 11 is 0. The summed E-state index contributed by atoms with van der Waals surface area (Å²) in [7, 11) is 0. The van der Waals surface area contributed by atoms with Gasteiger partial charge in [-0.05, 0) is 37.0 Å². The van der Waals surface area contributed by atoms with Crippen molar-refractivity contribution in [2.45, 2.75) is 58.0 Å². The molecule has 2 aromatic heterocycles. The standard InChI is InChI=1S/C27H33N7O/c1-3-29-27-32-24(18-25(33-27)34-15-7-8-16-34)31-23(17-20-9-5-4-6-10-20)26(35)30-19-21-11-13-22(28-2)14-12-21/h7-8,11-16,18,20,23H,3-6,9-10,17,19H2,1H3,(H,30,35)(H2,29,31,32,33)/t23-/m1/s1. The molecule has 4 rings (SSSR count). The average Bonchev–Trinajstić information content (AvgIpc) is 3.43. The molecule has 1 atom stereocenters. The highest BCUT2D eigenvalue weighted by molar-refractivity contribution is 5.84. The number of anilines is 2. The lowest BCUT2D eigenvalue weighted by Gasteiger charge is -2.27. The normalized spacial score (nSPS) is 14.6. The molecule has 3 N–H and O–H groups in total. The molecule has 1 fully saturated rings. The molecular weight excluding hydrogens is 438 g/mol. The second-order valence-electron chi connectivity index (χ2n) is 8.99. The van der Waals surface area contributed by atoms with Gasteiger partial charge in [0.15, 0.2) is 5.69 Å². The molecule has 8 nitrogen and oxygen atoms in total. The highest BCUT2D eigenvalue weighted by Gasteiger charge is 2.25. The Morgan fingerprint density at radius 2 is 1.89 bits per heavy atom. The van der Waals surface area contributed by atoms with Gasteiger partial charge in [0.25, 0.3) is 0 Å². The Hall–Kier alpha value is -3.86. The molecule has 1 saturated carbocycles. The molecule has 3 aromatic rings. The fourth-order valence-corrected chi connectivity index (χ4v) is 4.53. The topological polar surface area (TPSA) is 88.2 Å². The van der Waals surface area contributed by atoms with E-state index in [4.69, 9.17) is 6.57 Å². The Labute approximate surface area is 207 Å².